The first-order chi connectivity index (χ1) is 24.3. The number of ether oxygens (including phenoxy) is 2. The van der Waals surface area contributed by atoms with E-state index in [2.05, 4.69) is 89.2 Å². The molecule has 0 radical (unpaired) electrons. The Balaban J connectivity index is 1.20. The SMILES string of the molecule is Cc1cc(Oc2ccc3c4ccc(Oc5cc(C)cc(-c6cc(C)ccn6)c5)cc4n(-c4ncc(C)nn4)c3c2)cc(-c2cc(C)ccn2)c1. The number of fused-ring (bicyclic) bond motifs is 3. The Morgan fingerprint density at radius 1 is 0.460 bits per heavy atom. The maximum absolute atomic E-state index is 6.51. The summed E-state index contributed by atoms with van der Waals surface area (Å²) in [6, 6.07) is 32.7. The zero-order valence-corrected chi connectivity index (χ0v) is 28.5. The maximum Gasteiger partial charge on any atom is 0.254 e. The fourth-order valence-corrected chi connectivity index (χ4v) is 6.32. The Hall–Kier alpha value is -6.41. The lowest BCUT2D eigenvalue weighted by Crippen LogP contribution is -2.03. The molecule has 50 heavy (non-hydrogen) atoms. The molecule has 0 bridgehead atoms. The Labute approximate surface area is 290 Å². The monoisotopic (exact) mass is 654 g/mol. The summed E-state index contributed by atoms with van der Waals surface area (Å²) in [5.41, 5.74) is 10.8. The number of nitrogens with zero attached hydrogens (tertiary/aromatic N) is 6. The maximum atomic E-state index is 6.51. The minimum absolute atomic E-state index is 0.455. The van der Waals surface area contributed by atoms with Gasteiger partial charge in [0.25, 0.3) is 5.95 Å². The van der Waals surface area contributed by atoms with Crippen LogP contribution in [-0.2, 0) is 0 Å². The van der Waals surface area contributed by atoms with Gasteiger partial charge in [0, 0.05) is 46.4 Å². The highest BCUT2D eigenvalue weighted by Crippen LogP contribution is 2.38. The van der Waals surface area contributed by atoms with E-state index in [1.165, 1.54) is 0 Å². The van der Waals surface area contributed by atoms with Crippen LogP contribution in [-0.4, -0.2) is 29.7 Å². The van der Waals surface area contributed by atoms with Crippen LogP contribution < -0.4 is 9.47 Å². The average Bonchev–Trinajstić information content (AvgIpc) is 3.41. The van der Waals surface area contributed by atoms with E-state index in [0.717, 1.165) is 83.8 Å². The van der Waals surface area contributed by atoms with E-state index >= 15 is 0 Å². The van der Waals surface area contributed by atoms with Crippen LogP contribution in [0.3, 0.4) is 0 Å². The lowest BCUT2D eigenvalue weighted by molar-refractivity contribution is 0.483. The molecule has 0 spiro atoms. The molecule has 8 rings (SSSR count). The van der Waals surface area contributed by atoms with Gasteiger partial charge in [-0.05, 0) is 142 Å². The van der Waals surface area contributed by atoms with Gasteiger partial charge < -0.3 is 9.47 Å². The van der Waals surface area contributed by atoms with E-state index in [1.807, 2.05) is 84.5 Å². The van der Waals surface area contributed by atoms with Crippen molar-refractivity contribution in [3.8, 4) is 51.5 Å². The lowest BCUT2D eigenvalue weighted by Gasteiger charge is -2.11. The molecule has 244 valence electrons. The second-order valence-corrected chi connectivity index (χ2v) is 12.8. The molecular formula is C42H34N6O2. The van der Waals surface area contributed by atoms with Crippen LogP contribution in [0.25, 0.3) is 50.3 Å². The van der Waals surface area contributed by atoms with Crippen LogP contribution in [0.5, 0.6) is 23.0 Å². The number of aromatic nitrogens is 6. The predicted octanol–water partition coefficient (Wildman–Crippen LogP) is 10.2. The molecule has 8 heteroatoms. The first-order valence-corrected chi connectivity index (χ1v) is 16.5. The van der Waals surface area contributed by atoms with Gasteiger partial charge in [-0.15, -0.1) is 5.10 Å². The normalized spacial score (nSPS) is 11.3. The minimum Gasteiger partial charge on any atom is -0.457 e. The van der Waals surface area contributed by atoms with E-state index in [4.69, 9.17) is 9.47 Å². The summed E-state index contributed by atoms with van der Waals surface area (Å²) in [5, 5.41) is 10.9. The highest BCUT2D eigenvalue weighted by molar-refractivity contribution is 6.09. The van der Waals surface area contributed by atoms with Gasteiger partial charge in [-0.3, -0.25) is 14.5 Å². The third kappa shape index (κ3) is 6.15. The number of pyridine rings is 2. The number of hydrogen-bond donors (Lipinski definition) is 0. The van der Waals surface area contributed by atoms with Crippen LogP contribution in [0.2, 0.25) is 0 Å². The number of rotatable bonds is 7. The standard InChI is InChI=1S/C42H34N6O2/c1-25-10-12-43-38(18-25)30-14-27(3)16-34(20-30)49-32-6-8-36-37-9-7-33(23-41(37)48(40(36)22-32)42-45-24-29(5)46-47-42)50-35-17-28(4)15-31(21-35)39-19-26(2)11-13-44-39/h6-24H,1-5H3. The summed E-state index contributed by atoms with van der Waals surface area (Å²) in [5.74, 6) is 3.28. The Morgan fingerprint density at radius 3 is 1.44 bits per heavy atom. The molecule has 0 unspecified atom stereocenters. The summed E-state index contributed by atoms with van der Waals surface area (Å²) in [6.07, 6.45) is 5.39. The zero-order valence-electron chi connectivity index (χ0n) is 28.5. The summed E-state index contributed by atoms with van der Waals surface area (Å²) in [7, 11) is 0. The molecule has 0 saturated carbocycles. The van der Waals surface area contributed by atoms with E-state index in [-0.39, 0.29) is 0 Å². The van der Waals surface area contributed by atoms with Crippen molar-refractivity contribution >= 4 is 21.8 Å². The van der Waals surface area contributed by atoms with Crippen molar-refractivity contribution < 1.29 is 9.47 Å². The second kappa shape index (κ2) is 12.6. The van der Waals surface area contributed by atoms with Crippen LogP contribution in [0.15, 0.2) is 116 Å². The molecule has 0 aliphatic heterocycles. The molecule has 0 aliphatic rings. The molecule has 0 fully saturated rings. The Morgan fingerprint density at radius 2 is 0.980 bits per heavy atom. The van der Waals surface area contributed by atoms with Crippen LogP contribution >= 0.6 is 0 Å². The van der Waals surface area contributed by atoms with Crippen LogP contribution in [0.4, 0.5) is 0 Å². The van der Waals surface area contributed by atoms with Crippen molar-refractivity contribution in [2.75, 3.05) is 0 Å². The van der Waals surface area contributed by atoms with Crippen molar-refractivity contribution in [1.29, 1.82) is 0 Å². The predicted molar refractivity (Wildman–Crippen MR) is 197 cm³/mol. The molecule has 8 nitrogen and oxygen atoms in total. The van der Waals surface area contributed by atoms with Gasteiger partial charge in [0.1, 0.15) is 23.0 Å². The lowest BCUT2D eigenvalue weighted by atomic mass is 10.1. The quantitative estimate of drug-likeness (QED) is 0.169. The van der Waals surface area contributed by atoms with Gasteiger partial charge in [-0.1, -0.05) is 0 Å². The van der Waals surface area contributed by atoms with Crippen LogP contribution in [0, 0.1) is 34.6 Å². The van der Waals surface area contributed by atoms with Crippen molar-refractivity contribution in [2.45, 2.75) is 34.6 Å². The number of aryl methyl sites for hydroxylation is 5. The summed E-state index contributed by atoms with van der Waals surface area (Å²) in [6.45, 7) is 10.1. The molecular weight excluding hydrogens is 621 g/mol. The van der Waals surface area contributed by atoms with Gasteiger partial charge >= 0.3 is 0 Å². The summed E-state index contributed by atoms with van der Waals surface area (Å²) >= 11 is 0. The minimum atomic E-state index is 0.455. The molecule has 4 aromatic heterocycles. The molecule has 4 aromatic carbocycles. The van der Waals surface area contributed by atoms with Gasteiger partial charge in [0.05, 0.1) is 34.3 Å². The molecule has 0 atom stereocenters. The number of benzene rings is 4. The van der Waals surface area contributed by atoms with E-state index < -0.39 is 0 Å². The molecule has 0 amide bonds. The Kier molecular flexibility index (Phi) is 7.76. The third-order valence-electron chi connectivity index (χ3n) is 8.57. The van der Waals surface area contributed by atoms with Crippen molar-refractivity contribution in [3.63, 3.8) is 0 Å². The molecule has 0 N–H and O–H groups in total. The summed E-state index contributed by atoms with van der Waals surface area (Å²) in [4.78, 5) is 13.8. The first-order valence-electron chi connectivity index (χ1n) is 16.5. The highest BCUT2D eigenvalue weighted by atomic mass is 16.5. The second-order valence-electron chi connectivity index (χ2n) is 12.8. The Bertz CT molecular complexity index is 2400. The molecule has 4 heterocycles. The van der Waals surface area contributed by atoms with Crippen molar-refractivity contribution in [3.05, 3.63) is 144 Å². The molecule has 0 saturated heterocycles. The smallest absolute Gasteiger partial charge is 0.254 e. The fourth-order valence-electron chi connectivity index (χ4n) is 6.32. The van der Waals surface area contributed by atoms with E-state index in [9.17, 15) is 0 Å². The first kappa shape index (κ1) is 30.9. The van der Waals surface area contributed by atoms with Gasteiger partial charge in [-0.2, -0.15) is 5.10 Å². The average molecular weight is 655 g/mol. The fraction of sp³-hybridized carbons (Fsp3) is 0.119. The third-order valence-corrected chi connectivity index (χ3v) is 8.57. The summed E-state index contributed by atoms with van der Waals surface area (Å²) < 4.78 is 15.0. The molecule has 8 aromatic rings. The van der Waals surface area contributed by atoms with E-state index in [1.54, 1.807) is 6.20 Å². The van der Waals surface area contributed by atoms with Crippen molar-refractivity contribution in [2.24, 2.45) is 0 Å². The van der Waals surface area contributed by atoms with Gasteiger partial charge in [0.15, 0.2) is 0 Å². The van der Waals surface area contributed by atoms with E-state index in [0.29, 0.717) is 17.4 Å². The topological polar surface area (TPSA) is 87.8 Å². The van der Waals surface area contributed by atoms with Gasteiger partial charge in [0.2, 0.25) is 0 Å². The number of hydrogen-bond acceptors (Lipinski definition) is 7. The highest BCUT2D eigenvalue weighted by Gasteiger charge is 2.17. The van der Waals surface area contributed by atoms with Crippen LogP contribution in [0.1, 0.15) is 27.9 Å². The molecule has 0 aliphatic carbocycles. The largest absolute Gasteiger partial charge is 0.457 e. The van der Waals surface area contributed by atoms with Gasteiger partial charge in [-0.25, -0.2) is 4.98 Å². The zero-order chi connectivity index (χ0) is 34.4. The van der Waals surface area contributed by atoms with Crippen molar-refractivity contribution in [1.82, 2.24) is 29.7 Å².